The summed E-state index contributed by atoms with van der Waals surface area (Å²) in [7, 11) is 1.96. The Morgan fingerprint density at radius 3 is 2.52 bits per heavy atom. The highest BCUT2D eigenvalue weighted by atomic mass is 16.2. The van der Waals surface area contributed by atoms with Gasteiger partial charge in [0.2, 0.25) is 0 Å². The SMILES string of the molecule is CCNC(=O)N(C)C1C2CCC1CN(CCCNc1ccc(C#N)cc1)C2. The number of piperidine rings is 1. The van der Waals surface area contributed by atoms with Gasteiger partial charge in [0.15, 0.2) is 0 Å². The zero-order chi connectivity index (χ0) is 19.2. The first-order chi connectivity index (χ1) is 13.1. The summed E-state index contributed by atoms with van der Waals surface area (Å²) in [5, 5.41) is 15.2. The van der Waals surface area contributed by atoms with Crippen LogP contribution in [0.3, 0.4) is 0 Å². The van der Waals surface area contributed by atoms with Crippen molar-refractivity contribution < 1.29 is 4.79 Å². The molecule has 0 aromatic heterocycles. The number of amides is 2. The number of urea groups is 1. The molecule has 2 amide bonds. The molecular weight excluding hydrogens is 338 g/mol. The largest absolute Gasteiger partial charge is 0.385 e. The smallest absolute Gasteiger partial charge is 0.317 e. The summed E-state index contributed by atoms with van der Waals surface area (Å²) in [5.41, 5.74) is 1.76. The summed E-state index contributed by atoms with van der Waals surface area (Å²) in [6.45, 7) is 6.87. The van der Waals surface area contributed by atoms with Crippen molar-refractivity contribution in [2.24, 2.45) is 11.8 Å². The Morgan fingerprint density at radius 1 is 1.26 bits per heavy atom. The van der Waals surface area contributed by atoms with E-state index in [1.807, 2.05) is 43.1 Å². The van der Waals surface area contributed by atoms with E-state index in [1.54, 1.807) is 0 Å². The van der Waals surface area contributed by atoms with Crippen LogP contribution in [0.5, 0.6) is 0 Å². The molecule has 2 N–H and O–H groups in total. The van der Waals surface area contributed by atoms with E-state index in [2.05, 4.69) is 21.6 Å². The molecule has 1 aliphatic heterocycles. The van der Waals surface area contributed by atoms with Crippen molar-refractivity contribution in [3.63, 3.8) is 0 Å². The number of benzene rings is 1. The molecule has 1 saturated heterocycles. The quantitative estimate of drug-likeness (QED) is 0.725. The lowest BCUT2D eigenvalue weighted by Crippen LogP contribution is -2.55. The number of hydrogen-bond acceptors (Lipinski definition) is 4. The van der Waals surface area contributed by atoms with Gasteiger partial charge in [-0.1, -0.05) is 0 Å². The summed E-state index contributed by atoms with van der Waals surface area (Å²) in [5.74, 6) is 1.20. The molecular formula is C21H31N5O. The van der Waals surface area contributed by atoms with Gasteiger partial charge in [-0.05, 0) is 68.8 Å². The second-order valence-corrected chi connectivity index (χ2v) is 7.76. The minimum atomic E-state index is 0.0690. The highest BCUT2D eigenvalue weighted by molar-refractivity contribution is 5.74. The van der Waals surface area contributed by atoms with Crippen LogP contribution in [0.1, 0.15) is 31.7 Å². The minimum absolute atomic E-state index is 0.0690. The minimum Gasteiger partial charge on any atom is -0.385 e. The van der Waals surface area contributed by atoms with E-state index in [4.69, 9.17) is 5.26 Å². The van der Waals surface area contributed by atoms with Gasteiger partial charge in [-0.2, -0.15) is 5.26 Å². The van der Waals surface area contributed by atoms with Gasteiger partial charge in [-0.3, -0.25) is 0 Å². The van der Waals surface area contributed by atoms with Crippen LogP contribution < -0.4 is 10.6 Å². The standard InChI is InChI=1S/C21H31N5O/c1-3-23-21(27)25(2)20-17-7-8-18(20)15-26(14-17)12-4-11-24-19-9-5-16(13-22)6-10-19/h5-6,9-10,17-18,20,24H,3-4,7-8,11-12,14-15H2,1-2H3,(H,23,27). The lowest BCUT2D eigenvalue weighted by molar-refractivity contribution is 0.0768. The van der Waals surface area contributed by atoms with E-state index in [9.17, 15) is 4.79 Å². The lowest BCUT2D eigenvalue weighted by atomic mass is 9.91. The Morgan fingerprint density at radius 2 is 1.93 bits per heavy atom. The van der Waals surface area contributed by atoms with E-state index in [0.29, 0.717) is 30.0 Å². The zero-order valence-electron chi connectivity index (χ0n) is 16.4. The predicted molar refractivity (Wildman–Crippen MR) is 108 cm³/mol. The normalized spacial score (nSPS) is 24.3. The molecule has 1 heterocycles. The highest BCUT2D eigenvalue weighted by Crippen LogP contribution is 2.39. The van der Waals surface area contributed by atoms with Crippen LogP contribution >= 0.6 is 0 Å². The van der Waals surface area contributed by atoms with Crippen LogP contribution in [-0.4, -0.2) is 61.6 Å². The first-order valence-electron chi connectivity index (χ1n) is 10.1. The van der Waals surface area contributed by atoms with E-state index in [-0.39, 0.29) is 6.03 Å². The molecule has 6 heteroatoms. The molecule has 1 aromatic rings. The average Bonchev–Trinajstić information content (AvgIpc) is 2.95. The third kappa shape index (κ3) is 4.72. The van der Waals surface area contributed by atoms with Crippen LogP contribution in [0.25, 0.3) is 0 Å². The number of rotatable bonds is 7. The molecule has 1 aromatic carbocycles. The van der Waals surface area contributed by atoms with Gasteiger partial charge in [0.05, 0.1) is 11.6 Å². The molecule has 2 bridgehead atoms. The van der Waals surface area contributed by atoms with Crippen LogP contribution in [0.4, 0.5) is 10.5 Å². The predicted octanol–water partition coefficient (Wildman–Crippen LogP) is 2.73. The number of hydrogen-bond donors (Lipinski definition) is 2. The molecule has 2 aliphatic rings. The maximum atomic E-state index is 12.2. The summed E-state index contributed by atoms with van der Waals surface area (Å²) in [6.07, 6.45) is 3.56. The Hall–Kier alpha value is -2.26. The summed E-state index contributed by atoms with van der Waals surface area (Å²) < 4.78 is 0. The number of nitriles is 1. The number of carbonyl (C=O) groups is 1. The molecule has 146 valence electrons. The molecule has 0 radical (unpaired) electrons. The Kier molecular flexibility index (Phi) is 6.57. The van der Waals surface area contributed by atoms with E-state index in [0.717, 1.165) is 38.3 Å². The van der Waals surface area contributed by atoms with Gasteiger partial charge in [0.1, 0.15) is 0 Å². The van der Waals surface area contributed by atoms with E-state index >= 15 is 0 Å². The molecule has 1 saturated carbocycles. The second kappa shape index (κ2) is 9.09. The van der Waals surface area contributed by atoms with Crippen LogP contribution in [0.2, 0.25) is 0 Å². The monoisotopic (exact) mass is 369 g/mol. The van der Waals surface area contributed by atoms with Crippen LogP contribution in [-0.2, 0) is 0 Å². The fraction of sp³-hybridized carbons (Fsp3) is 0.619. The van der Waals surface area contributed by atoms with Crippen molar-refractivity contribution in [3.05, 3.63) is 29.8 Å². The molecule has 6 nitrogen and oxygen atoms in total. The average molecular weight is 370 g/mol. The number of carbonyl (C=O) groups excluding carboxylic acids is 1. The van der Waals surface area contributed by atoms with E-state index in [1.165, 1.54) is 12.8 Å². The third-order valence-electron chi connectivity index (χ3n) is 5.95. The first kappa shape index (κ1) is 19.5. The van der Waals surface area contributed by atoms with Gasteiger partial charge >= 0.3 is 6.03 Å². The van der Waals surface area contributed by atoms with Crippen molar-refractivity contribution in [2.45, 2.75) is 32.2 Å². The van der Waals surface area contributed by atoms with Gasteiger partial charge in [-0.15, -0.1) is 0 Å². The molecule has 2 fully saturated rings. The van der Waals surface area contributed by atoms with Crippen LogP contribution in [0, 0.1) is 23.2 Å². The third-order valence-corrected chi connectivity index (χ3v) is 5.95. The highest BCUT2D eigenvalue weighted by Gasteiger charge is 2.44. The maximum absolute atomic E-state index is 12.2. The van der Waals surface area contributed by atoms with E-state index < -0.39 is 0 Å². The summed E-state index contributed by atoms with van der Waals surface area (Å²) in [6, 6.07) is 10.2. The molecule has 3 rings (SSSR count). The maximum Gasteiger partial charge on any atom is 0.317 e. The summed E-state index contributed by atoms with van der Waals surface area (Å²) in [4.78, 5) is 16.7. The fourth-order valence-corrected chi connectivity index (χ4v) is 4.72. The fourth-order valence-electron chi connectivity index (χ4n) is 4.72. The van der Waals surface area contributed by atoms with Crippen molar-refractivity contribution in [1.82, 2.24) is 15.1 Å². The van der Waals surface area contributed by atoms with Crippen molar-refractivity contribution in [3.8, 4) is 6.07 Å². The van der Waals surface area contributed by atoms with Crippen LogP contribution in [0.15, 0.2) is 24.3 Å². The van der Waals surface area contributed by atoms with Gasteiger partial charge in [-0.25, -0.2) is 4.79 Å². The zero-order valence-corrected chi connectivity index (χ0v) is 16.4. The Balaban J connectivity index is 1.42. The van der Waals surface area contributed by atoms with Crippen molar-refractivity contribution in [1.29, 1.82) is 5.26 Å². The lowest BCUT2D eigenvalue weighted by Gasteiger charge is -2.42. The number of nitrogens with one attached hydrogen (secondary N) is 2. The topological polar surface area (TPSA) is 71.4 Å². The van der Waals surface area contributed by atoms with Gasteiger partial charge < -0.3 is 20.4 Å². The number of fused-ring (bicyclic) bond motifs is 2. The van der Waals surface area contributed by atoms with Crippen molar-refractivity contribution >= 4 is 11.7 Å². The Labute approximate surface area is 162 Å². The molecule has 1 aliphatic carbocycles. The number of nitrogens with zero attached hydrogens (tertiary/aromatic N) is 3. The number of anilines is 1. The molecule has 0 spiro atoms. The molecule has 2 unspecified atom stereocenters. The summed E-state index contributed by atoms with van der Waals surface area (Å²) >= 11 is 0. The molecule has 27 heavy (non-hydrogen) atoms. The first-order valence-corrected chi connectivity index (χ1v) is 10.1. The Bertz CT molecular complexity index is 654. The second-order valence-electron chi connectivity index (χ2n) is 7.76. The van der Waals surface area contributed by atoms with Gasteiger partial charge in [0, 0.05) is 45.0 Å². The van der Waals surface area contributed by atoms with Gasteiger partial charge in [0.25, 0.3) is 0 Å². The molecule has 2 atom stereocenters. The number of likely N-dealkylation sites (tertiary alicyclic amines) is 1. The van der Waals surface area contributed by atoms with Crippen molar-refractivity contribution in [2.75, 3.05) is 45.1 Å².